The molecule has 2 N–H and O–H groups in total. The Labute approximate surface area is 105 Å². The average Bonchev–Trinajstić information content (AvgIpc) is 3.00. The Kier molecular flexibility index (Phi) is 3.15. The Hall–Kier alpha value is -1.78. The number of aliphatic carboxylic acids is 1. The normalized spacial score (nSPS) is 16.3. The average molecular weight is 251 g/mol. The van der Waals surface area contributed by atoms with Crippen LogP contribution in [0.25, 0.3) is 0 Å². The summed E-state index contributed by atoms with van der Waals surface area (Å²) in [5.41, 5.74) is -0.0642. The molecule has 1 heterocycles. The van der Waals surface area contributed by atoms with Crippen molar-refractivity contribution in [3.63, 3.8) is 0 Å². The smallest absolute Gasteiger partial charge is 0.329 e. The van der Waals surface area contributed by atoms with Crippen LogP contribution in [0.15, 0.2) is 10.5 Å². The fourth-order valence-electron chi connectivity index (χ4n) is 1.97. The lowest BCUT2D eigenvalue weighted by Gasteiger charge is -2.10. The number of hydrogen-bond acceptors (Lipinski definition) is 3. The SMILES string of the molecule is CCc1cc(C(=O)NC2(C(=O)O)CC2)oc1CC. The number of nitrogens with one attached hydrogen (secondary N) is 1. The van der Waals surface area contributed by atoms with Gasteiger partial charge in [-0.15, -0.1) is 0 Å². The first-order valence-electron chi connectivity index (χ1n) is 6.20. The standard InChI is InChI=1S/C13H17NO4/c1-3-8-7-10(18-9(8)4-2)11(15)14-13(5-6-13)12(16)17/h7H,3-6H2,1-2H3,(H,14,15)(H,16,17). The largest absolute Gasteiger partial charge is 0.480 e. The molecule has 0 aliphatic heterocycles. The quantitative estimate of drug-likeness (QED) is 0.835. The molecule has 0 unspecified atom stereocenters. The number of amides is 1. The van der Waals surface area contributed by atoms with Gasteiger partial charge in [-0.2, -0.15) is 0 Å². The van der Waals surface area contributed by atoms with Crippen LogP contribution < -0.4 is 5.32 Å². The van der Waals surface area contributed by atoms with Crippen LogP contribution in [0.5, 0.6) is 0 Å². The fraction of sp³-hybridized carbons (Fsp3) is 0.538. The number of carbonyl (C=O) groups excluding carboxylic acids is 1. The topological polar surface area (TPSA) is 79.5 Å². The van der Waals surface area contributed by atoms with Gasteiger partial charge in [-0.3, -0.25) is 4.79 Å². The van der Waals surface area contributed by atoms with E-state index in [9.17, 15) is 9.59 Å². The van der Waals surface area contributed by atoms with Crippen molar-refractivity contribution in [1.29, 1.82) is 0 Å². The fourth-order valence-corrected chi connectivity index (χ4v) is 1.97. The van der Waals surface area contributed by atoms with Crippen molar-refractivity contribution in [2.45, 2.75) is 45.1 Å². The molecule has 0 bridgehead atoms. The Morgan fingerprint density at radius 3 is 2.44 bits per heavy atom. The van der Waals surface area contributed by atoms with E-state index in [-0.39, 0.29) is 5.76 Å². The van der Waals surface area contributed by atoms with Crippen molar-refractivity contribution in [2.75, 3.05) is 0 Å². The van der Waals surface area contributed by atoms with Gasteiger partial charge in [0.25, 0.3) is 5.91 Å². The lowest BCUT2D eigenvalue weighted by Crippen LogP contribution is -2.42. The third-order valence-electron chi connectivity index (χ3n) is 3.33. The molecule has 5 heteroatoms. The molecule has 1 saturated carbocycles. The Bertz CT molecular complexity index is 464. The third-order valence-corrected chi connectivity index (χ3v) is 3.33. The minimum atomic E-state index is -1.07. The van der Waals surface area contributed by atoms with Crippen molar-refractivity contribution >= 4 is 11.9 Å². The van der Waals surface area contributed by atoms with E-state index in [1.165, 1.54) is 0 Å². The molecule has 18 heavy (non-hydrogen) atoms. The molecule has 0 atom stereocenters. The molecular weight excluding hydrogens is 234 g/mol. The highest BCUT2D eigenvalue weighted by molar-refractivity contribution is 5.97. The van der Waals surface area contributed by atoms with Crippen LogP contribution in [0, 0.1) is 0 Å². The molecule has 1 aliphatic rings. The summed E-state index contributed by atoms with van der Waals surface area (Å²) in [5, 5.41) is 11.5. The number of carbonyl (C=O) groups is 2. The summed E-state index contributed by atoms with van der Waals surface area (Å²) >= 11 is 0. The molecule has 0 spiro atoms. The van der Waals surface area contributed by atoms with E-state index in [1.807, 2.05) is 13.8 Å². The van der Waals surface area contributed by atoms with Crippen LogP contribution in [-0.4, -0.2) is 22.5 Å². The van der Waals surface area contributed by atoms with Crippen molar-refractivity contribution in [3.8, 4) is 0 Å². The van der Waals surface area contributed by atoms with E-state index in [1.54, 1.807) is 6.07 Å². The monoisotopic (exact) mass is 251 g/mol. The number of carboxylic acid groups (broad SMARTS) is 1. The Balaban J connectivity index is 2.14. The van der Waals surface area contributed by atoms with E-state index in [0.717, 1.165) is 24.2 Å². The van der Waals surface area contributed by atoms with E-state index < -0.39 is 17.4 Å². The summed E-state index contributed by atoms with van der Waals surface area (Å²) < 4.78 is 5.47. The second kappa shape index (κ2) is 4.48. The van der Waals surface area contributed by atoms with Crippen LogP contribution in [0.2, 0.25) is 0 Å². The highest BCUT2D eigenvalue weighted by atomic mass is 16.4. The molecular formula is C13H17NO4. The van der Waals surface area contributed by atoms with E-state index >= 15 is 0 Å². The second-order valence-corrected chi connectivity index (χ2v) is 4.61. The molecule has 1 fully saturated rings. The lowest BCUT2D eigenvalue weighted by molar-refractivity contribution is -0.140. The lowest BCUT2D eigenvalue weighted by atomic mass is 10.1. The molecule has 1 amide bonds. The first-order chi connectivity index (χ1) is 8.52. The second-order valence-electron chi connectivity index (χ2n) is 4.61. The van der Waals surface area contributed by atoms with Gasteiger partial charge in [0.2, 0.25) is 0 Å². The molecule has 0 saturated heterocycles. The highest BCUT2D eigenvalue weighted by Crippen LogP contribution is 2.36. The van der Waals surface area contributed by atoms with E-state index in [0.29, 0.717) is 12.8 Å². The van der Waals surface area contributed by atoms with Gasteiger partial charge in [0.05, 0.1) is 0 Å². The van der Waals surface area contributed by atoms with Crippen molar-refractivity contribution in [2.24, 2.45) is 0 Å². The number of rotatable bonds is 5. The summed E-state index contributed by atoms with van der Waals surface area (Å²) in [7, 11) is 0. The van der Waals surface area contributed by atoms with E-state index in [2.05, 4.69) is 5.32 Å². The van der Waals surface area contributed by atoms with Crippen LogP contribution in [0.3, 0.4) is 0 Å². The summed E-state index contributed by atoms with van der Waals surface area (Å²) in [6, 6.07) is 1.70. The van der Waals surface area contributed by atoms with Gasteiger partial charge in [-0.25, -0.2) is 4.79 Å². The highest BCUT2D eigenvalue weighted by Gasteiger charge is 2.52. The zero-order chi connectivity index (χ0) is 13.3. The Morgan fingerprint density at radius 2 is 2.06 bits per heavy atom. The zero-order valence-electron chi connectivity index (χ0n) is 10.6. The summed E-state index contributed by atoms with van der Waals surface area (Å²) in [6.45, 7) is 3.95. The van der Waals surface area contributed by atoms with Gasteiger partial charge in [0.15, 0.2) is 5.76 Å². The first kappa shape index (κ1) is 12.7. The number of aryl methyl sites for hydroxylation is 2. The maximum Gasteiger partial charge on any atom is 0.329 e. The van der Waals surface area contributed by atoms with Gasteiger partial charge < -0.3 is 14.8 Å². The minimum absolute atomic E-state index is 0.205. The van der Waals surface area contributed by atoms with Gasteiger partial charge >= 0.3 is 5.97 Å². The number of hydrogen-bond donors (Lipinski definition) is 2. The maximum absolute atomic E-state index is 11.9. The van der Waals surface area contributed by atoms with Crippen molar-refractivity contribution < 1.29 is 19.1 Å². The predicted molar refractivity (Wildman–Crippen MR) is 64.5 cm³/mol. The van der Waals surface area contributed by atoms with Crippen molar-refractivity contribution in [3.05, 3.63) is 23.2 Å². The van der Waals surface area contributed by atoms with Crippen LogP contribution in [0.4, 0.5) is 0 Å². The van der Waals surface area contributed by atoms with Gasteiger partial charge in [-0.05, 0) is 30.9 Å². The predicted octanol–water partition coefficient (Wildman–Crippen LogP) is 1.75. The maximum atomic E-state index is 11.9. The molecule has 0 aromatic carbocycles. The molecule has 1 aromatic heterocycles. The van der Waals surface area contributed by atoms with Gasteiger partial charge in [0, 0.05) is 6.42 Å². The third kappa shape index (κ3) is 2.12. The summed E-state index contributed by atoms with van der Waals surface area (Å²) in [5.74, 6) is -0.419. The molecule has 98 valence electrons. The number of furan rings is 1. The Morgan fingerprint density at radius 1 is 1.39 bits per heavy atom. The van der Waals surface area contributed by atoms with Gasteiger partial charge in [0.1, 0.15) is 11.3 Å². The molecule has 1 aliphatic carbocycles. The van der Waals surface area contributed by atoms with Crippen LogP contribution in [-0.2, 0) is 17.6 Å². The molecule has 5 nitrogen and oxygen atoms in total. The zero-order valence-corrected chi connectivity index (χ0v) is 10.6. The summed E-state index contributed by atoms with van der Waals surface area (Å²) in [6.07, 6.45) is 2.48. The first-order valence-corrected chi connectivity index (χ1v) is 6.20. The van der Waals surface area contributed by atoms with Crippen molar-refractivity contribution in [1.82, 2.24) is 5.32 Å². The molecule has 0 radical (unpaired) electrons. The number of carboxylic acids is 1. The van der Waals surface area contributed by atoms with Crippen LogP contribution >= 0.6 is 0 Å². The minimum Gasteiger partial charge on any atom is -0.480 e. The van der Waals surface area contributed by atoms with E-state index in [4.69, 9.17) is 9.52 Å². The van der Waals surface area contributed by atoms with Gasteiger partial charge in [-0.1, -0.05) is 13.8 Å². The molecule has 1 aromatic rings. The molecule has 2 rings (SSSR count). The summed E-state index contributed by atoms with van der Waals surface area (Å²) in [4.78, 5) is 22.9. The van der Waals surface area contributed by atoms with Crippen LogP contribution in [0.1, 0.15) is 48.6 Å².